The number of benzene rings is 1. The van der Waals surface area contributed by atoms with Crippen LogP contribution in [0.3, 0.4) is 0 Å². The largest absolute Gasteiger partial charge is 0.339 e. The van der Waals surface area contributed by atoms with Gasteiger partial charge in [-0.25, -0.2) is 4.39 Å². The first-order valence-corrected chi connectivity index (χ1v) is 6.61. The van der Waals surface area contributed by atoms with Gasteiger partial charge in [0.05, 0.1) is 5.03 Å². The van der Waals surface area contributed by atoms with E-state index in [2.05, 4.69) is 10.5 Å². The van der Waals surface area contributed by atoms with Gasteiger partial charge in [0.25, 0.3) is 0 Å². The molecular weight excluding hydrogens is 245 g/mol. The molecule has 3 heteroatoms. The Bertz CT molecular complexity index is 646. The van der Waals surface area contributed by atoms with Crippen molar-refractivity contribution in [1.29, 1.82) is 0 Å². The van der Waals surface area contributed by atoms with Crippen LogP contribution in [0.4, 0.5) is 4.39 Å². The van der Waals surface area contributed by atoms with Gasteiger partial charge in [-0.15, -0.1) is 18.2 Å². The molecule has 0 fully saturated rings. The molecule has 0 saturated heterocycles. The zero-order chi connectivity index (χ0) is 13.1. The molecule has 92 valence electrons. The summed E-state index contributed by atoms with van der Waals surface area (Å²) in [6.45, 7) is 1.91. The van der Waals surface area contributed by atoms with Gasteiger partial charge in [-0.05, 0) is 36.8 Å². The quantitative estimate of drug-likeness (QED) is 0.596. The second-order valence-electron chi connectivity index (χ2n) is 4.09. The summed E-state index contributed by atoms with van der Waals surface area (Å²) in [5.74, 6) is 3.21. The first-order valence-electron chi connectivity index (χ1n) is 5.63. The molecule has 0 N–H and O–H groups in total. The molecule has 0 aliphatic carbocycles. The van der Waals surface area contributed by atoms with Gasteiger partial charge >= 0.3 is 0 Å². The van der Waals surface area contributed by atoms with Crippen LogP contribution in [0, 0.1) is 18.2 Å². The molecule has 18 heavy (non-hydrogen) atoms. The standard InChI is InChI=1S/C15H14FNS/c1-4-11(2)7-8-18-15-10-12-9-13(16)5-6-14(12)17(15)3/h1,5-7,9-10H,8H2,2-3H3/b11-7+. The Morgan fingerprint density at radius 3 is 3.00 bits per heavy atom. The van der Waals surface area contributed by atoms with E-state index in [1.54, 1.807) is 23.9 Å². The van der Waals surface area contributed by atoms with Crippen LogP contribution in [0.1, 0.15) is 6.92 Å². The monoisotopic (exact) mass is 259 g/mol. The summed E-state index contributed by atoms with van der Waals surface area (Å²) in [6, 6.07) is 6.85. The molecule has 0 spiro atoms. The molecule has 0 aliphatic rings. The van der Waals surface area contributed by atoms with Crippen LogP contribution in [0.15, 0.2) is 40.9 Å². The van der Waals surface area contributed by atoms with Crippen molar-refractivity contribution in [3.63, 3.8) is 0 Å². The molecule has 2 aromatic rings. The number of allylic oxidation sites excluding steroid dienone is 1. The highest BCUT2D eigenvalue weighted by molar-refractivity contribution is 7.99. The van der Waals surface area contributed by atoms with E-state index < -0.39 is 0 Å². The molecule has 0 saturated carbocycles. The van der Waals surface area contributed by atoms with Crippen molar-refractivity contribution in [3.05, 3.63) is 41.7 Å². The lowest BCUT2D eigenvalue weighted by atomic mass is 10.2. The summed E-state index contributed by atoms with van der Waals surface area (Å²) in [5, 5.41) is 2.04. The number of halogens is 1. The van der Waals surface area contributed by atoms with E-state index in [-0.39, 0.29) is 5.82 Å². The lowest BCUT2D eigenvalue weighted by Gasteiger charge is -2.01. The first-order chi connectivity index (χ1) is 8.61. The number of aryl methyl sites for hydroxylation is 1. The molecule has 1 nitrogen and oxygen atoms in total. The maximum atomic E-state index is 13.1. The Morgan fingerprint density at radius 1 is 1.50 bits per heavy atom. The van der Waals surface area contributed by atoms with Gasteiger partial charge in [-0.3, -0.25) is 0 Å². The Morgan fingerprint density at radius 2 is 2.28 bits per heavy atom. The summed E-state index contributed by atoms with van der Waals surface area (Å²) >= 11 is 1.69. The van der Waals surface area contributed by atoms with Crippen molar-refractivity contribution in [2.75, 3.05) is 5.75 Å². The zero-order valence-corrected chi connectivity index (χ0v) is 11.2. The molecule has 1 aromatic carbocycles. The first kappa shape index (κ1) is 12.8. The van der Waals surface area contributed by atoms with Crippen LogP contribution in [-0.2, 0) is 7.05 Å². The van der Waals surface area contributed by atoms with Crippen molar-refractivity contribution in [2.45, 2.75) is 11.9 Å². The molecule has 1 heterocycles. The van der Waals surface area contributed by atoms with Crippen molar-refractivity contribution >= 4 is 22.7 Å². The highest BCUT2D eigenvalue weighted by atomic mass is 32.2. The Balaban J connectivity index is 2.24. The maximum Gasteiger partial charge on any atom is 0.123 e. The highest BCUT2D eigenvalue weighted by Gasteiger charge is 2.06. The van der Waals surface area contributed by atoms with Gasteiger partial charge in [0, 0.05) is 23.7 Å². The van der Waals surface area contributed by atoms with Gasteiger partial charge < -0.3 is 4.57 Å². The minimum atomic E-state index is -0.201. The lowest BCUT2D eigenvalue weighted by Crippen LogP contribution is -1.89. The number of rotatable bonds is 3. The maximum absolute atomic E-state index is 13.1. The van der Waals surface area contributed by atoms with Crippen molar-refractivity contribution < 1.29 is 4.39 Å². The lowest BCUT2D eigenvalue weighted by molar-refractivity contribution is 0.629. The van der Waals surface area contributed by atoms with Crippen LogP contribution >= 0.6 is 11.8 Å². The number of nitrogens with zero attached hydrogens (tertiary/aromatic N) is 1. The molecule has 0 unspecified atom stereocenters. The number of terminal acetylenes is 1. The molecule has 1 aromatic heterocycles. The number of fused-ring (bicyclic) bond motifs is 1. The molecular formula is C15H14FNS. The van der Waals surface area contributed by atoms with Crippen LogP contribution in [0.2, 0.25) is 0 Å². The van der Waals surface area contributed by atoms with Crippen LogP contribution in [0.25, 0.3) is 10.9 Å². The van der Waals surface area contributed by atoms with E-state index in [9.17, 15) is 4.39 Å². The van der Waals surface area contributed by atoms with E-state index in [4.69, 9.17) is 6.42 Å². The number of thioether (sulfide) groups is 1. The molecule has 0 bridgehead atoms. The van der Waals surface area contributed by atoms with E-state index in [0.29, 0.717) is 0 Å². The SMILES string of the molecule is C#C/C(C)=C/CSc1cc2cc(F)ccc2n1C. The normalized spacial score (nSPS) is 11.8. The third-order valence-corrected chi connectivity index (χ3v) is 3.83. The third-order valence-electron chi connectivity index (χ3n) is 2.81. The number of hydrogen-bond donors (Lipinski definition) is 0. The number of aromatic nitrogens is 1. The fourth-order valence-corrected chi connectivity index (χ4v) is 2.75. The van der Waals surface area contributed by atoms with Crippen molar-refractivity contribution in [2.24, 2.45) is 7.05 Å². The van der Waals surface area contributed by atoms with Gasteiger partial charge in [-0.1, -0.05) is 12.0 Å². The van der Waals surface area contributed by atoms with Crippen molar-refractivity contribution in [1.82, 2.24) is 4.57 Å². The second kappa shape index (κ2) is 5.32. The second-order valence-corrected chi connectivity index (χ2v) is 5.13. The predicted molar refractivity (Wildman–Crippen MR) is 76.2 cm³/mol. The molecule has 0 aliphatic heterocycles. The predicted octanol–water partition coefficient (Wildman–Crippen LogP) is 3.99. The van der Waals surface area contributed by atoms with Gasteiger partial charge in [-0.2, -0.15) is 0 Å². The smallest absolute Gasteiger partial charge is 0.123 e. The van der Waals surface area contributed by atoms with Gasteiger partial charge in [0.2, 0.25) is 0 Å². The summed E-state index contributed by atoms with van der Waals surface area (Å²) in [6.07, 6.45) is 7.30. The Kier molecular flexibility index (Phi) is 3.78. The zero-order valence-electron chi connectivity index (χ0n) is 10.4. The minimum Gasteiger partial charge on any atom is -0.339 e. The van der Waals surface area contributed by atoms with Crippen molar-refractivity contribution in [3.8, 4) is 12.3 Å². The molecule has 0 radical (unpaired) electrons. The van der Waals surface area contributed by atoms with Crippen LogP contribution < -0.4 is 0 Å². The van der Waals surface area contributed by atoms with Crippen LogP contribution in [-0.4, -0.2) is 10.3 Å². The third kappa shape index (κ3) is 2.60. The highest BCUT2D eigenvalue weighted by Crippen LogP contribution is 2.27. The van der Waals surface area contributed by atoms with E-state index in [1.165, 1.54) is 6.07 Å². The number of hydrogen-bond acceptors (Lipinski definition) is 1. The van der Waals surface area contributed by atoms with E-state index >= 15 is 0 Å². The molecule has 2 rings (SSSR count). The summed E-state index contributed by atoms with van der Waals surface area (Å²) in [4.78, 5) is 0. The summed E-state index contributed by atoms with van der Waals surface area (Å²) in [5.41, 5.74) is 1.98. The average molecular weight is 259 g/mol. The Hall–Kier alpha value is -1.66. The summed E-state index contributed by atoms with van der Waals surface area (Å²) < 4.78 is 15.2. The van der Waals surface area contributed by atoms with Crippen LogP contribution in [0.5, 0.6) is 0 Å². The average Bonchev–Trinajstić information content (AvgIpc) is 2.65. The minimum absolute atomic E-state index is 0.201. The van der Waals surface area contributed by atoms with Gasteiger partial charge in [0.15, 0.2) is 0 Å². The van der Waals surface area contributed by atoms with E-state index in [1.807, 2.05) is 26.1 Å². The van der Waals surface area contributed by atoms with Gasteiger partial charge in [0.1, 0.15) is 5.82 Å². The fourth-order valence-electron chi connectivity index (χ4n) is 1.74. The van der Waals surface area contributed by atoms with E-state index in [0.717, 1.165) is 27.3 Å². The summed E-state index contributed by atoms with van der Waals surface area (Å²) in [7, 11) is 1.99. The topological polar surface area (TPSA) is 4.93 Å². The molecule has 0 atom stereocenters. The fraction of sp³-hybridized carbons (Fsp3) is 0.200. The molecule has 0 amide bonds. The Labute approximate surface area is 111 Å².